The lowest BCUT2D eigenvalue weighted by atomic mass is 10.2. The molecule has 0 saturated heterocycles. The van der Waals surface area contributed by atoms with Crippen molar-refractivity contribution >= 4 is 5.83 Å². The highest BCUT2D eigenvalue weighted by atomic mass is 19.1. The Morgan fingerprint density at radius 1 is 1.20 bits per heavy atom. The van der Waals surface area contributed by atoms with Crippen molar-refractivity contribution in [2.75, 3.05) is 0 Å². The highest BCUT2D eigenvalue weighted by Crippen LogP contribution is 2.12. The molecule has 0 aliphatic rings. The molecule has 0 aromatic heterocycles. The molecule has 52 valence electrons. The number of rotatable bonds is 1. The Morgan fingerprint density at radius 2 is 1.70 bits per heavy atom. The third-order valence-electron chi connectivity index (χ3n) is 1.16. The van der Waals surface area contributed by atoms with Crippen molar-refractivity contribution in [2.45, 2.75) is 0 Å². The van der Waals surface area contributed by atoms with Crippen LogP contribution in [-0.2, 0) is 0 Å². The van der Waals surface area contributed by atoms with Gasteiger partial charge in [-0.25, -0.2) is 8.78 Å². The zero-order chi connectivity index (χ0) is 7.56. The highest BCUT2D eigenvalue weighted by Gasteiger charge is 1.94. The molecule has 0 amide bonds. The quantitative estimate of drug-likeness (QED) is 0.562. The van der Waals surface area contributed by atoms with Crippen LogP contribution in [0.2, 0.25) is 0 Å². The van der Waals surface area contributed by atoms with E-state index in [-0.39, 0.29) is 5.82 Å². The summed E-state index contributed by atoms with van der Waals surface area (Å²) in [7, 11) is 0. The van der Waals surface area contributed by atoms with E-state index in [0.717, 1.165) is 0 Å². The van der Waals surface area contributed by atoms with E-state index < -0.39 is 5.83 Å². The first-order chi connectivity index (χ1) is 4.70. The Bertz CT molecular complexity index is 236. The van der Waals surface area contributed by atoms with Gasteiger partial charge in [0.1, 0.15) is 11.6 Å². The van der Waals surface area contributed by atoms with Crippen LogP contribution in [-0.4, -0.2) is 0 Å². The number of hydrogen-bond acceptors (Lipinski definition) is 0. The van der Waals surface area contributed by atoms with Gasteiger partial charge in [0.25, 0.3) is 0 Å². The predicted molar refractivity (Wildman–Crippen MR) is 36.5 cm³/mol. The minimum Gasteiger partial charge on any atom is -0.207 e. The summed E-state index contributed by atoms with van der Waals surface area (Å²) in [5, 5.41) is 0. The molecule has 0 spiro atoms. The molecular weight excluding hydrogens is 134 g/mol. The molecule has 0 nitrogen and oxygen atoms in total. The Morgan fingerprint density at radius 3 is 2.10 bits per heavy atom. The molecule has 10 heavy (non-hydrogen) atoms. The lowest BCUT2D eigenvalue weighted by Crippen LogP contribution is -1.76. The number of hydrogen-bond donors (Lipinski definition) is 0. The SMILES string of the molecule is C=C(F)c1ccc(F)cc1. The average Bonchev–Trinajstić information content (AvgIpc) is 1.88. The minimum absolute atomic E-state index is 0.321. The van der Waals surface area contributed by atoms with Gasteiger partial charge in [0.05, 0.1) is 0 Å². The van der Waals surface area contributed by atoms with Crippen LogP contribution in [0.5, 0.6) is 0 Å². The van der Waals surface area contributed by atoms with Crippen molar-refractivity contribution in [1.82, 2.24) is 0 Å². The smallest absolute Gasteiger partial charge is 0.123 e. The van der Waals surface area contributed by atoms with Crippen LogP contribution in [0.4, 0.5) is 8.78 Å². The monoisotopic (exact) mass is 140 g/mol. The minimum atomic E-state index is -0.542. The molecular formula is C8H6F2. The van der Waals surface area contributed by atoms with Crippen molar-refractivity contribution in [1.29, 1.82) is 0 Å². The molecule has 0 aliphatic heterocycles. The Hall–Kier alpha value is -1.18. The summed E-state index contributed by atoms with van der Waals surface area (Å²) in [6, 6.07) is 5.08. The molecule has 1 rings (SSSR count). The van der Waals surface area contributed by atoms with Crippen LogP contribution in [0.3, 0.4) is 0 Å². The van der Waals surface area contributed by atoms with E-state index in [1.54, 1.807) is 0 Å². The second-order valence-corrected chi connectivity index (χ2v) is 1.91. The van der Waals surface area contributed by atoms with Crippen molar-refractivity contribution < 1.29 is 8.78 Å². The van der Waals surface area contributed by atoms with E-state index in [0.29, 0.717) is 5.56 Å². The second-order valence-electron chi connectivity index (χ2n) is 1.91. The molecule has 2 heteroatoms. The van der Waals surface area contributed by atoms with Gasteiger partial charge in [0.2, 0.25) is 0 Å². The van der Waals surface area contributed by atoms with E-state index in [1.807, 2.05) is 0 Å². The van der Waals surface area contributed by atoms with Crippen molar-refractivity contribution in [3.05, 3.63) is 42.2 Å². The van der Waals surface area contributed by atoms with E-state index >= 15 is 0 Å². The van der Waals surface area contributed by atoms with Gasteiger partial charge in [-0.2, -0.15) is 0 Å². The molecule has 0 bridgehead atoms. The molecule has 0 heterocycles. The number of benzene rings is 1. The van der Waals surface area contributed by atoms with E-state index in [1.165, 1.54) is 24.3 Å². The molecule has 0 aliphatic carbocycles. The van der Waals surface area contributed by atoms with E-state index in [9.17, 15) is 8.78 Å². The molecule has 1 aromatic rings. The van der Waals surface area contributed by atoms with Crippen LogP contribution < -0.4 is 0 Å². The summed E-state index contributed by atoms with van der Waals surface area (Å²) in [5.41, 5.74) is 0.321. The van der Waals surface area contributed by atoms with E-state index in [2.05, 4.69) is 6.58 Å². The summed E-state index contributed by atoms with van der Waals surface area (Å²) in [4.78, 5) is 0. The average molecular weight is 140 g/mol. The molecule has 0 N–H and O–H groups in total. The van der Waals surface area contributed by atoms with Crippen LogP contribution in [0.15, 0.2) is 30.8 Å². The molecule has 0 unspecified atom stereocenters. The Kier molecular flexibility index (Phi) is 1.81. The summed E-state index contributed by atoms with van der Waals surface area (Å²) in [6.07, 6.45) is 0. The van der Waals surface area contributed by atoms with Crippen LogP contribution >= 0.6 is 0 Å². The van der Waals surface area contributed by atoms with Crippen LogP contribution in [0.1, 0.15) is 5.56 Å². The number of halogens is 2. The van der Waals surface area contributed by atoms with Crippen LogP contribution in [0.25, 0.3) is 5.83 Å². The third kappa shape index (κ3) is 1.41. The van der Waals surface area contributed by atoms with Gasteiger partial charge >= 0.3 is 0 Å². The second kappa shape index (κ2) is 2.60. The first-order valence-corrected chi connectivity index (χ1v) is 2.80. The molecule has 1 aromatic carbocycles. The lowest BCUT2D eigenvalue weighted by Gasteiger charge is -1.93. The van der Waals surface area contributed by atoms with Gasteiger partial charge in [-0.1, -0.05) is 6.58 Å². The first kappa shape index (κ1) is 6.93. The summed E-state index contributed by atoms with van der Waals surface area (Å²) >= 11 is 0. The Balaban J connectivity index is 3.00. The van der Waals surface area contributed by atoms with E-state index in [4.69, 9.17) is 0 Å². The molecule has 0 radical (unpaired) electrons. The van der Waals surface area contributed by atoms with Gasteiger partial charge in [-0.05, 0) is 24.3 Å². The van der Waals surface area contributed by atoms with Crippen molar-refractivity contribution in [3.63, 3.8) is 0 Å². The van der Waals surface area contributed by atoms with Gasteiger partial charge < -0.3 is 0 Å². The van der Waals surface area contributed by atoms with Gasteiger partial charge in [0, 0.05) is 5.56 Å². The van der Waals surface area contributed by atoms with Gasteiger partial charge in [-0.3, -0.25) is 0 Å². The summed E-state index contributed by atoms with van der Waals surface area (Å²) in [6.45, 7) is 3.07. The fraction of sp³-hybridized carbons (Fsp3) is 0. The fourth-order valence-corrected chi connectivity index (χ4v) is 0.631. The van der Waals surface area contributed by atoms with Crippen molar-refractivity contribution in [3.8, 4) is 0 Å². The maximum atomic E-state index is 12.2. The van der Waals surface area contributed by atoms with Gasteiger partial charge in [-0.15, -0.1) is 0 Å². The zero-order valence-corrected chi connectivity index (χ0v) is 5.27. The fourth-order valence-electron chi connectivity index (χ4n) is 0.631. The normalized spacial score (nSPS) is 9.40. The Labute approximate surface area is 57.8 Å². The third-order valence-corrected chi connectivity index (χ3v) is 1.16. The standard InChI is InChI=1S/C8H6F2/c1-6(9)7-2-4-8(10)5-3-7/h2-5H,1H2. The summed E-state index contributed by atoms with van der Waals surface area (Å²) in [5.74, 6) is -0.912. The highest BCUT2D eigenvalue weighted by molar-refractivity contribution is 5.55. The molecule has 0 fully saturated rings. The van der Waals surface area contributed by atoms with Gasteiger partial charge in [0.15, 0.2) is 0 Å². The lowest BCUT2D eigenvalue weighted by molar-refractivity contribution is 0.627. The largest absolute Gasteiger partial charge is 0.207 e. The molecule has 0 saturated carbocycles. The predicted octanol–water partition coefficient (Wildman–Crippen LogP) is 2.77. The summed E-state index contributed by atoms with van der Waals surface area (Å²) < 4.78 is 24.4. The maximum Gasteiger partial charge on any atom is 0.123 e. The van der Waals surface area contributed by atoms with Crippen molar-refractivity contribution in [2.24, 2.45) is 0 Å². The maximum absolute atomic E-state index is 12.2. The first-order valence-electron chi connectivity index (χ1n) is 2.80. The zero-order valence-electron chi connectivity index (χ0n) is 5.27. The topological polar surface area (TPSA) is 0 Å². The van der Waals surface area contributed by atoms with Crippen LogP contribution in [0, 0.1) is 5.82 Å². The molecule has 0 atom stereocenters.